The van der Waals surface area contributed by atoms with Crippen molar-refractivity contribution in [2.24, 2.45) is 0 Å². The molecule has 0 aliphatic carbocycles. The van der Waals surface area contributed by atoms with Crippen molar-refractivity contribution in [2.75, 3.05) is 13.2 Å². The van der Waals surface area contributed by atoms with Crippen LogP contribution in [0.15, 0.2) is 48.5 Å². The molecular formula is C24H26N2O2. The number of fused-ring (bicyclic) bond motifs is 1. The van der Waals surface area contributed by atoms with Gasteiger partial charge in [-0.15, -0.1) is 0 Å². The number of carbonyl (C=O) groups is 1. The fourth-order valence-electron chi connectivity index (χ4n) is 3.69. The molecule has 2 aromatic carbocycles. The molecule has 0 saturated carbocycles. The highest BCUT2D eigenvalue weighted by molar-refractivity contribution is 6.07. The van der Waals surface area contributed by atoms with Crippen molar-refractivity contribution in [1.29, 1.82) is 0 Å². The standard InChI is InChI=1S/C24H26N2O2/c1-3-17-7-9-18(10-8-17)23-14-21(20-13-16(2)6-11-22(20)26-23)24(27)25-15-19-5-4-12-28-19/h6-11,13-14,19H,3-5,12,15H2,1-2H3,(H,25,27)/t19-/m1/s1. The number of aromatic nitrogens is 1. The number of benzene rings is 2. The zero-order chi connectivity index (χ0) is 19.5. The van der Waals surface area contributed by atoms with Crippen LogP contribution in [0.2, 0.25) is 0 Å². The molecule has 0 radical (unpaired) electrons. The van der Waals surface area contributed by atoms with Crippen LogP contribution >= 0.6 is 0 Å². The molecule has 4 nitrogen and oxygen atoms in total. The first-order chi connectivity index (χ1) is 13.6. The largest absolute Gasteiger partial charge is 0.376 e. The molecule has 1 N–H and O–H groups in total. The lowest BCUT2D eigenvalue weighted by Gasteiger charge is -2.14. The van der Waals surface area contributed by atoms with E-state index < -0.39 is 0 Å². The molecule has 28 heavy (non-hydrogen) atoms. The summed E-state index contributed by atoms with van der Waals surface area (Å²) in [6.07, 6.45) is 3.20. The first-order valence-electron chi connectivity index (χ1n) is 10.0. The number of ether oxygens (including phenoxy) is 1. The molecular weight excluding hydrogens is 348 g/mol. The maximum atomic E-state index is 13.0. The Morgan fingerprint density at radius 1 is 1.18 bits per heavy atom. The Hall–Kier alpha value is -2.72. The molecule has 1 atom stereocenters. The van der Waals surface area contributed by atoms with Gasteiger partial charge in [0.1, 0.15) is 0 Å². The Morgan fingerprint density at radius 3 is 2.71 bits per heavy atom. The second kappa shape index (κ2) is 8.11. The minimum atomic E-state index is -0.0695. The topological polar surface area (TPSA) is 51.2 Å². The van der Waals surface area contributed by atoms with Crippen molar-refractivity contribution in [2.45, 2.75) is 39.2 Å². The van der Waals surface area contributed by atoms with Crippen molar-refractivity contribution in [3.8, 4) is 11.3 Å². The zero-order valence-electron chi connectivity index (χ0n) is 16.5. The summed E-state index contributed by atoms with van der Waals surface area (Å²) >= 11 is 0. The molecule has 3 aromatic rings. The van der Waals surface area contributed by atoms with E-state index in [1.165, 1.54) is 5.56 Å². The molecule has 4 heteroatoms. The summed E-state index contributed by atoms with van der Waals surface area (Å²) in [5.41, 5.74) is 5.75. The van der Waals surface area contributed by atoms with Gasteiger partial charge in [0, 0.05) is 24.1 Å². The first-order valence-corrected chi connectivity index (χ1v) is 10.0. The van der Waals surface area contributed by atoms with E-state index >= 15 is 0 Å². The Bertz CT molecular complexity index is 989. The molecule has 1 saturated heterocycles. The van der Waals surface area contributed by atoms with Gasteiger partial charge in [-0.05, 0) is 49.9 Å². The Labute approximate surface area is 165 Å². The van der Waals surface area contributed by atoms with Crippen LogP contribution in [0.5, 0.6) is 0 Å². The van der Waals surface area contributed by atoms with Gasteiger partial charge in [-0.25, -0.2) is 4.98 Å². The summed E-state index contributed by atoms with van der Waals surface area (Å²) in [6, 6.07) is 16.4. The molecule has 0 unspecified atom stereocenters. The third kappa shape index (κ3) is 3.92. The van der Waals surface area contributed by atoms with Crippen molar-refractivity contribution in [1.82, 2.24) is 10.3 Å². The number of rotatable bonds is 5. The van der Waals surface area contributed by atoms with Gasteiger partial charge >= 0.3 is 0 Å². The maximum Gasteiger partial charge on any atom is 0.252 e. The average molecular weight is 374 g/mol. The minimum absolute atomic E-state index is 0.0695. The number of nitrogens with one attached hydrogen (secondary N) is 1. The van der Waals surface area contributed by atoms with Gasteiger partial charge in [0.05, 0.1) is 22.9 Å². The third-order valence-electron chi connectivity index (χ3n) is 5.38. The molecule has 1 aliphatic rings. The quantitative estimate of drug-likeness (QED) is 0.705. The molecule has 1 aliphatic heterocycles. The smallest absolute Gasteiger partial charge is 0.252 e. The van der Waals surface area contributed by atoms with Crippen molar-refractivity contribution < 1.29 is 9.53 Å². The van der Waals surface area contributed by atoms with E-state index in [2.05, 4.69) is 36.5 Å². The fraction of sp³-hybridized carbons (Fsp3) is 0.333. The van der Waals surface area contributed by atoms with Crippen LogP contribution in [0.1, 0.15) is 41.3 Å². The van der Waals surface area contributed by atoms with E-state index in [0.717, 1.165) is 53.6 Å². The Morgan fingerprint density at radius 2 is 2.00 bits per heavy atom. The zero-order valence-corrected chi connectivity index (χ0v) is 16.5. The van der Waals surface area contributed by atoms with E-state index in [1.54, 1.807) is 0 Å². The van der Waals surface area contributed by atoms with Crippen molar-refractivity contribution >= 4 is 16.8 Å². The monoisotopic (exact) mass is 374 g/mol. The number of aryl methyl sites for hydroxylation is 2. The van der Waals surface area contributed by atoms with E-state index in [0.29, 0.717) is 12.1 Å². The van der Waals surface area contributed by atoms with Crippen LogP contribution in [-0.2, 0) is 11.2 Å². The summed E-state index contributed by atoms with van der Waals surface area (Å²) in [5, 5.41) is 3.95. The molecule has 144 valence electrons. The first kappa shape index (κ1) is 18.6. The van der Waals surface area contributed by atoms with E-state index in [-0.39, 0.29) is 12.0 Å². The van der Waals surface area contributed by atoms with Crippen LogP contribution < -0.4 is 5.32 Å². The highest BCUT2D eigenvalue weighted by Gasteiger charge is 2.19. The van der Waals surface area contributed by atoms with Crippen molar-refractivity contribution in [3.63, 3.8) is 0 Å². The van der Waals surface area contributed by atoms with Crippen molar-refractivity contribution in [3.05, 3.63) is 65.2 Å². The summed E-state index contributed by atoms with van der Waals surface area (Å²) in [4.78, 5) is 17.8. The molecule has 1 fully saturated rings. The SMILES string of the molecule is CCc1ccc(-c2cc(C(=O)NC[C@H]3CCCO3)c3cc(C)ccc3n2)cc1. The van der Waals surface area contributed by atoms with Gasteiger partial charge in [0.2, 0.25) is 0 Å². The van der Waals surface area contributed by atoms with E-state index in [1.807, 2.05) is 31.2 Å². The Kier molecular flexibility index (Phi) is 5.40. The lowest BCUT2D eigenvalue weighted by Crippen LogP contribution is -2.32. The number of amides is 1. The number of hydrogen-bond donors (Lipinski definition) is 1. The highest BCUT2D eigenvalue weighted by atomic mass is 16.5. The summed E-state index contributed by atoms with van der Waals surface area (Å²) in [7, 11) is 0. The summed E-state index contributed by atoms with van der Waals surface area (Å²) in [5.74, 6) is -0.0695. The van der Waals surface area contributed by atoms with Crippen LogP contribution in [0, 0.1) is 6.92 Å². The molecule has 1 amide bonds. The second-order valence-corrected chi connectivity index (χ2v) is 7.47. The predicted octanol–water partition coefficient (Wildman–Crippen LogP) is 4.68. The number of nitrogens with zero attached hydrogens (tertiary/aromatic N) is 1. The van der Waals surface area contributed by atoms with Gasteiger partial charge in [-0.1, -0.05) is 42.8 Å². The molecule has 0 spiro atoms. The maximum absolute atomic E-state index is 13.0. The number of carbonyl (C=O) groups excluding carboxylic acids is 1. The Balaban J connectivity index is 1.71. The lowest BCUT2D eigenvalue weighted by atomic mass is 10.0. The van der Waals surface area contributed by atoms with Crippen LogP contribution in [0.3, 0.4) is 0 Å². The number of pyridine rings is 1. The molecule has 4 rings (SSSR count). The fourth-order valence-corrected chi connectivity index (χ4v) is 3.69. The summed E-state index contributed by atoms with van der Waals surface area (Å²) < 4.78 is 5.63. The third-order valence-corrected chi connectivity index (χ3v) is 5.38. The van der Waals surface area contributed by atoms with Crippen LogP contribution in [0.25, 0.3) is 22.2 Å². The average Bonchev–Trinajstić information content (AvgIpc) is 3.25. The highest BCUT2D eigenvalue weighted by Crippen LogP contribution is 2.26. The normalized spacial score (nSPS) is 16.4. The molecule has 2 heterocycles. The molecule has 0 bridgehead atoms. The minimum Gasteiger partial charge on any atom is -0.376 e. The van der Waals surface area contributed by atoms with Gasteiger partial charge in [-0.2, -0.15) is 0 Å². The van der Waals surface area contributed by atoms with E-state index in [4.69, 9.17) is 9.72 Å². The van der Waals surface area contributed by atoms with Gasteiger partial charge < -0.3 is 10.1 Å². The number of hydrogen-bond acceptors (Lipinski definition) is 3. The van der Waals surface area contributed by atoms with Gasteiger partial charge in [0.25, 0.3) is 5.91 Å². The van der Waals surface area contributed by atoms with Gasteiger partial charge in [0.15, 0.2) is 0 Å². The van der Waals surface area contributed by atoms with Gasteiger partial charge in [-0.3, -0.25) is 4.79 Å². The summed E-state index contributed by atoms with van der Waals surface area (Å²) in [6.45, 7) is 5.51. The lowest BCUT2D eigenvalue weighted by molar-refractivity contribution is 0.0859. The van der Waals surface area contributed by atoms with E-state index in [9.17, 15) is 4.79 Å². The molecule has 1 aromatic heterocycles. The van der Waals surface area contributed by atoms with Crippen LogP contribution in [-0.4, -0.2) is 30.1 Å². The predicted molar refractivity (Wildman–Crippen MR) is 113 cm³/mol. The second-order valence-electron chi connectivity index (χ2n) is 7.47. The van der Waals surface area contributed by atoms with Crippen LogP contribution in [0.4, 0.5) is 0 Å².